The Labute approximate surface area is 153 Å². The van der Waals surface area contributed by atoms with E-state index in [9.17, 15) is 4.79 Å². The summed E-state index contributed by atoms with van der Waals surface area (Å²) in [4.78, 5) is 12.1. The first-order chi connectivity index (χ1) is 12.4. The summed E-state index contributed by atoms with van der Waals surface area (Å²) in [7, 11) is 0. The van der Waals surface area contributed by atoms with Gasteiger partial charge in [-0.25, -0.2) is 0 Å². The van der Waals surface area contributed by atoms with Gasteiger partial charge in [0.1, 0.15) is 18.1 Å². The molecule has 1 heterocycles. The van der Waals surface area contributed by atoms with Gasteiger partial charge < -0.3 is 14.6 Å². The third kappa shape index (κ3) is 4.42. The van der Waals surface area contributed by atoms with E-state index in [1.54, 1.807) is 0 Å². The van der Waals surface area contributed by atoms with Gasteiger partial charge in [-0.2, -0.15) is 0 Å². The Hall–Kier alpha value is -2.82. The molecule has 0 fully saturated rings. The van der Waals surface area contributed by atoms with Crippen molar-refractivity contribution in [1.82, 2.24) is 10.5 Å². The number of rotatable bonds is 6. The van der Waals surface area contributed by atoms with E-state index < -0.39 is 0 Å². The molecule has 3 aromatic rings. The van der Waals surface area contributed by atoms with Crippen molar-refractivity contribution in [3.63, 3.8) is 0 Å². The highest BCUT2D eigenvalue weighted by atomic mass is 16.5. The topological polar surface area (TPSA) is 64.4 Å². The third-order valence-corrected chi connectivity index (χ3v) is 4.19. The molecule has 0 bridgehead atoms. The maximum absolute atomic E-state index is 12.1. The van der Waals surface area contributed by atoms with Crippen LogP contribution < -0.4 is 10.1 Å². The van der Waals surface area contributed by atoms with Gasteiger partial charge >= 0.3 is 0 Å². The maximum Gasteiger partial charge on any atom is 0.226 e. The summed E-state index contributed by atoms with van der Waals surface area (Å²) in [6, 6.07) is 15.6. The van der Waals surface area contributed by atoms with E-state index in [1.807, 2.05) is 36.4 Å². The second kappa shape index (κ2) is 7.60. The summed E-state index contributed by atoms with van der Waals surface area (Å²) in [6.45, 7) is 7.39. The molecule has 1 N–H and O–H groups in total. The van der Waals surface area contributed by atoms with Gasteiger partial charge in [-0.15, -0.1) is 0 Å². The van der Waals surface area contributed by atoms with E-state index in [-0.39, 0.29) is 17.7 Å². The smallest absolute Gasteiger partial charge is 0.226 e. The normalized spacial score (nSPS) is 11.5. The predicted octanol–water partition coefficient (Wildman–Crippen LogP) is 3.86. The van der Waals surface area contributed by atoms with Crippen LogP contribution in [0.15, 0.2) is 53.1 Å². The molecule has 5 nitrogen and oxygen atoms in total. The third-order valence-electron chi connectivity index (χ3n) is 4.19. The number of hydrogen-bond donors (Lipinski definition) is 1. The lowest BCUT2D eigenvalue weighted by molar-refractivity contribution is -0.120. The molecule has 5 heteroatoms. The van der Waals surface area contributed by atoms with E-state index in [2.05, 4.69) is 43.4 Å². The van der Waals surface area contributed by atoms with Gasteiger partial charge in [-0.05, 0) is 35.2 Å². The molecule has 0 saturated heterocycles. The maximum atomic E-state index is 12.1. The van der Waals surface area contributed by atoms with Crippen LogP contribution in [0.5, 0.6) is 5.75 Å². The fraction of sp³-hybridized carbons (Fsp3) is 0.333. The Bertz CT molecular complexity index is 876. The highest BCUT2D eigenvalue weighted by Crippen LogP contribution is 2.24. The monoisotopic (exact) mass is 352 g/mol. The highest BCUT2D eigenvalue weighted by molar-refractivity contribution is 5.86. The van der Waals surface area contributed by atoms with Gasteiger partial charge in [-0.1, -0.05) is 50.2 Å². The zero-order valence-corrected chi connectivity index (χ0v) is 15.4. The molecule has 3 rings (SSSR count). The van der Waals surface area contributed by atoms with Gasteiger partial charge in [0.25, 0.3) is 0 Å². The standard InChI is InChI=1S/C21H24N2O3/c1-21(2,3)15-8-10-16(11-9-15)25-13-12-22-20(24)14-18-17-6-4-5-7-19(17)26-23-18/h4-11H,12-14H2,1-3H3,(H,22,24). The molecule has 0 radical (unpaired) electrons. The van der Waals surface area contributed by atoms with Crippen LogP contribution in [-0.4, -0.2) is 24.2 Å². The average Bonchev–Trinajstić information content (AvgIpc) is 3.01. The minimum atomic E-state index is -0.101. The Kier molecular flexibility index (Phi) is 5.26. The number of para-hydroxylation sites is 1. The minimum absolute atomic E-state index is 0.101. The summed E-state index contributed by atoms with van der Waals surface area (Å²) < 4.78 is 10.9. The molecule has 0 aliphatic rings. The SMILES string of the molecule is CC(C)(C)c1ccc(OCCNC(=O)Cc2noc3ccccc23)cc1. The second-order valence-electron chi connectivity index (χ2n) is 7.27. The molecule has 2 aromatic carbocycles. The van der Waals surface area contributed by atoms with Gasteiger partial charge in [0.05, 0.1) is 13.0 Å². The van der Waals surface area contributed by atoms with Gasteiger partial charge in [0, 0.05) is 5.39 Å². The second-order valence-corrected chi connectivity index (χ2v) is 7.27. The number of ether oxygens (including phenoxy) is 1. The molecule has 0 spiro atoms. The molecular formula is C21H24N2O3. The van der Waals surface area contributed by atoms with Crippen LogP contribution in [-0.2, 0) is 16.6 Å². The Balaban J connectivity index is 1.44. The number of nitrogens with zero attached hydrogens (tertiary/aromatic N) is 1. The molecule has 26 heavy (non-hydrogen) atoms. The molecule has 0 aliphatic carbocycles. The van der Waals surface area contributed by atoms with E-state index in [0.717, 1.165) is 11.1 Å². The Morgan fingerprint density at radius 3 is 2.58 bits per heavy atom. The largest absolute Gasteiger partial charge is 0.492 e. The minimum Gasteiger partial charge on any atom is -0.492 e. The first-order valence-corrected chi connectivity index (χ1v) is 8.77. The zero-order valence-electron chi connectivity index (χ0n) is 15.4. The summed E-state index contributed by atoms with van der Waals surface area (Å²) >= 11 is 0. The Morgan fingerprint density at radius 2 is 1.85 bits per heavy atom. The lowest BCUT2D eigenvalue weighted by Gasteiger charge is -2.19. The molecule has 1 aromatic heterocycles. The van der Waals surface area contributed by atoms with Crippen LogP contribution >= 0.6 is 0 Å². The quantitative estimate of drug-likeness (QED) is 0.684. The molecular weight excluding hydrogens is 328 g/mol. The van der Waals surface area contributed by atoms with Gasteiger partial charge in [0.2, 0.25) is 5.91 Å². The fourth-order valence-electron chi connectivity index (χ4n) is 2.69. The number of benzene rings is 2. The van der Waals surface area contributed by atoms with Crippen molar-refractivity contribution in [3.05, 3.63) is 59.8 Å². The molecule has 136 valence electrons. The highest BCUT2D eigenvalue weighted by Gasteiger charge is 2.13. The number of fused-ring (bicyclic) bond motifs is 1. The summed E-state index contributed by atoms with van der Waals surface area (Å²) in [5, 5.41) is 7.69. The van der Waals surface area contributed by atoms with Crippen LogP contribution in [0, 0.1) is 0 Å². The summed E-state index contributed by atoms with van der Waals surface area (Å²) in [6.07, 6.45) is 0.192. The molecule has 0 atom stereocenters. The van der Waals surface area contributed by atoms with Crippen molar-refractivity contribution in [2.45, 2.75) is 32.6 Å². The molecule has 0 aliphatic heterocycles. The number of carbonyl (C=O) groups excluding carboxylic acids is 1. The van der Waals surface area contributed by atoms with Crippen LogP contribution in [0.25, 0.3) is 11.0 Å². The van der Waals surface area contributed by atoms with Crippen molar-refractivity contribution >= 4 is 16.9 Å². The van der Waals surface area contributed by atoms with E-state index >= 15 is 0 Å². The lowest BCUT2D eigenvalue weighted by Crippen LogP contribution is -2.29. The first kappa shape index (κ1) is 18.0. The van der Waals surface area contributed by atoms with Crippen LogP contribution in [0.1, 0.15) is 32.0 Å². The van der Waals surface area contributed by atoms with Crippen molar-refractivity contribution in [3.8, 4) is 5.75 Å². The van der Waals surface area contributed by atoms with Crippen LogP contribution in [0.2, 0.25) is 0 Å². The van der Waals surface area contributed by atoms with Crippen molar-refractivity contribution in [2.24, 2.45) is 0 Å². The first-order valence-electron chi connectivity index (χ1n) is 8.77. The van der Waals surface area contributed by atoms with Crippen LogP contribution in [0.4, 0.5) is 0 Å². The van der Waals surface area contributed by atoms with Crippen molar-refractivity contribution < 1.29 is 14.1 Å². The van der Waals surface area contributed by atoms with E-state index in [4.69, 9.17) is 9.26 Å². The number of carbonyl (C=O) groups is 1. The van der Waals surface area contributed by atoms with Gasteiger partial charge in [-0.3, -0.25) is 4.79 Å². The van der Waals surface area contributed by atoms with E-state index in [0.29, 0.717) is 24.4 Å². The number of aromatic nitrogens is 1. The summed E-state index contributed by atoms with van der Waals surface area (Å²) in [5.74, 6) is 0.700. The zero-order chi connectivity index (χ0) is 18.6. The number of nitrogens with one attached hydrogen (secondary N) is 1. The summed E-state index contributed by atoms with van der Waals surface area (Å²) in [5.41, 5.74) is 2.73. The molecule has 1 amide bonds. The van der Waals surface area contributed by atoms with Crippen molar-refractivity contribution in [1.29, 1.82) is 0 Å². The average molecular weight is 352 g/mol. The Morgan fingerprint density at radius 1 is 1.12 bits per heavy atom. The number of amides is 1. The predicted molar refractivity (Wildman–Crippen MR) is 101 cm³/mol. The van der Waals surface area contributed by atoms with Gasteiger partial charge in [0.15, 0.2) is 5.58 Å². The van der Waals surface area contributed by atoms with Crippen molar-refractivity contribution in [2.75, 3.05) is 13.2 Å². The fourth-order valence-corrected chi connectivity index (χ4v) is 2.69. The lowest BCUT2D eigenvalue weighted by atomic mass is 9.87. The molecule has 0 saturated carbocycles. The van der Waals surface area contributed by atoms with Crippen LogP contribution in [0.3, 0.4) is 0 Å². The van der Waals surface area contributed by atoms with E-state index in [1.165, 1.54) is 5.56 Å². The molecule has 0 unspecified atom stereocenters. The number of hydrogen-bond acceptors (Lipinski definition) is 4.